The Morgan fingerprint density at radius 2 is 1.95 bits per heavy atom. The molecule has 0 N–H and O–H groups in total. The molecule has 0 radical (unpaired) electrons. The lowest BCUT2D eigenvalue weighted by Crippen LogP contribution is -2.25. The van der Waals surface area contributed by atoms with Crippen LogP contribution in [0.3, 0.4) is 0 Å². The third kappa shape index (κ3) is 3.49. The molecule has 0 amide bonds. The van der Waals surface area contributed by atoms with Gasteiger partial charge in [-0.25, -0.2) is 4.39 Å². The van der Waals surface area contributed by atoms with E-state index < -0.39 is 0 Å². The van der Waals surface area contributed by atoms with Gasteiger partial charge in [0, 0.05) is 25.3 Å². The van der Waals surface area contributed by atoms with Gasteiger partial charge in [0.05, 0.1) is 0 Å². The van der Waals surface area contributed by atoms with Gasteiger partial charge < -0.3 is 4.90 Å². The highest BCUT2D eigenvalue weighted by molar-refractivity contribution is 7.99. The maximum atomic E-state index is 12.9. The van der Waals surface area contributed by atoms with Crippen LogP contribution in [0.4, 0.5) is 9.52 Å². The second-order valence-corrected chi connectivity index (χ2v) is 7.00. The molecule has 0 aliphatic carbocycles. The van der Waals surface area contributed by atoms with E-state index in [-0.39, 0.29) is 5.82 Å². The monoisotopic (exact) mass is 309 g/mol. The van der Waals surface area contributed by atoms with Gasteiger partial charge >= 0.3 is 0 Å². The van der Waals surface area contributed by atoms with Gasteiger partial charge in [-0.2, -0.15) is 11.8 Å². The average molecular weight is 309 g/mol. The van der Waals surface area contributed by atoms with E-state index in [1.54, 1.807) is 23.5 Å². The van der Waals surface area contributed by atoms with Gasteiger partial charge in [0.2, 0.25) is 5.13 Å². The largest absolute Gasteiger partial charge is 0.346 e. The quantitative estimate of drug-likeness (QED) is 0.870. The molecule has 0 bridgehead atoms. The molecule has 1 aliphatic rings. The summed E-state index contributed by atoms with van der Waals surface area (Å²) in [5, 5.41) is 10.6. The van der Waals surface area contributed by atoms with Crippen LogP contribution in [-0.4, -0.2) is 34.8 Å². The van der Waals surface area contributed by atoms with Crippen molar-refractivity contribution in [2.75, 3.05) is 29.5 Å². The molecular formula is C14H16FN3S2. The Balaban J connectivity index is 1.68. The topological polar surface area (TPSA) is 29.0 Å². The van der Waals surface area contributed by atoms with Crippen molar-refractivity contribution in [1.82, 2.24) is 10.2 Å². The van der Waals surface area contributed by atoms with Crippen LogP contribution in [0.25, 0.3) is 0 Å². The first kappa shape index (κ1) is 13.8. The van der Waals surface area contributed by atoms with E-state index in [9.17, 15) is 4.39 Å². The maximum absolute atomic E-state index is 12.9. The van der Waals surface area contributed by atoms with Crippen molar-refractivity contribution in [3.63, 3.8) is 0 Å². The van der Waals surface area contributed by atoms with Crippen LogP contribution in [-0.2, 0) is 6.42 Å². The van der Waals surface area contributed by atoms with Crippen molar-refractivity contribution >= 4 is 28.2 Å². The molecule has 0 saturated carbocycles. The summed E-state index contributed by atoms with van der Waals surface area (Å²) in [4.78, 5) is 2.33. The molecule has 106 valence electrons. The second kappa shape index (κ2) is 6.54. The van der Waals surface area contributed by atoms with Gasteiger partial charge in [-0.3, -0.25) is 0 Å². The first-order valence-corrected chi connectivity index (χ1v) is 8.68. The molecule has 1 aromatic heterocycles. The minimum atomic E-state index is -0.200. The van der Waals surface area contributed by atoms with Crippen LogP contribution in [0.1, 0.15) is 17.0 Å². The molecule has 6 heteroatoms. The summed E-state index contributed by atoms with van der Waals surface area (Å²) in [6.45, 7) is 2.12. The highest BCUT2D eigenvalue weighted by Crippen LogP contribution is 2.24. The predicted molar refractivity (Wildman–Crippen MR) is 83.3 cm³/mol. The van der Waals surface area contributed by atoms with Gasteiger partial charge in [-0.1, -0.05) is 23.5 Å². The zero-order valence-electron chi connectivity index (χ0n) is 11.1. The number of aromatic nitrogens is 2. The second-order valence-electron chi connectivity index (χ2n) is 4.73. The van der Waals surface area contributed by atoms with Crippen LogP contribution in [0.5, 0.6) is 0 Å². The molecule has 2 aromatic rings. The minimum Gasteiger partial charge on any atom is -0.346 e. The van der Waals surface area contributed by atoms with Gasteiger partial charge in [0.25, 0.3) is 0 Å². The molecule has 20 heavy (non-hydrogen) atoms. The summed E-state index contributed by atoms with van der Waals surface area (Å²) < 4.78 is 12.9. The first-order chi connectivity index (χ1) is 9.81. The zero-order valence-corrected chi connectivity index (χ0v) is 12.7. The van der Waals surface area contributed by atoms with E-state index in [0.717, 1.165) is 41.0 Å². The fourth-order valence-electron chi connectivity index (χ4n) is 2.16. The van der Waals surface area contributed by atoms with E-state index in [0.29, 0.717) is 0 Å². The molecule has 2 heterocycles. The van der Waals surface area contributed by atoms with E-state index >= 15 is 0 Å². The molecule has 1 aromatic carbocycles. The van der Waals surface area contributed by atoms with Crippen LogP contribution in [0.2, 0.25) is 0 Å². The number of nitrogens with zero attached hydrogens (tertiary/aromatic N) is 3. The van der Waals surface area contributed by atoms with E-state index in [4.69, 9.17) is 0 Å². The molecule has 0 unspecified atom stereocenters. The van der Waals surface area contributed by atoms with Crippen molar-refractivity contribution in [2.24, 2.45) is 0 Å². The van der Waals surface area contributed by atoms with Crippen LogP contribution in [0, 0.1) is 5.82 Å². The van der Waals surface area contributed by atoms with Gasteiger partial charge in [0.15, 0.2) is 0 Å². The normalized spacial score (nSPS) is 16.1. The van der Waals surface area contributed by atoms with Crippen molar-refractivity contribution in [3.05, 3.63) is 40.7 Å². The summed E-state index contributed by atoms with van der Waals surface area (Å²) in [7, 11) is 0. The van der Waals surface area contributed by atoms with Crippen molar-refractivity contribution in [3.8, 4) is 0 Å². The molecule has 1 fully saturated rings. The standard InChI is InChI=1S/C14H16FN3S2/c15-12-4-2-11(3-5-12)10-13-16-17-14(20-13)18-6-1-8-19-9-7-18/h2-5H,1,6-10H2. The Hall–Kier alpha value is -1.14. The van der Waals surface area contributed by atoms with E-state index in [1.807, 2.05) is 11.8 Å². The van der Waals surface area contributed by atoms with Crippen LogP contribution in [0.15, 0.2) is 24.3 Å². The highest BCUT2D eigenvalue weighted by Gasteiger charge is 2.14. The summed E-state index contributed by atoms with van der Waals surface area (Å²) in [6.07, 6.45) is 1.93. The minimum absolute atomic E-state index is 0.200. The third-order valence-corrected chi connectivity index (χ3v) is 5.25. The number of hydrogen-bond donors (Lipinski definition) is 0. The Morgan fingerprint density at radius 1 is 1.10 bits per heavy atom. The summed E-state index contributed by atoms with van der Waals surface area (Å²) in [5.74, 6) is 2.19. The molecule has 1 aliphatic heterocycles. The summed E-state index contributed by atoms with van der Waals surface area (Å²) >= 11 is 3.65. The molecule has 0 spiro atoms. The van der Waals surface area contributed by atoms with E-state index in [2.05, 4.69) is 15.1 Å². The predicted octanol–water partition coefficient (Wildman–Crippen LogP) is 3.21. The number of hydrogen-bond acceptors (Lipinski definition) is 5. The van der Waals surface area contributed by atoms with Crippen molar-refractivity contribution in [1.29, 1.82) is 0 Å². The lowest BCUT2D eigenvalue weighted by molar-refractivity contribution is 0.627. The molecular weight excluding hydrogens is 293 g/mol. The molecule has 3 nitrogen and oxygen atoms in total. The van der Waals surface area contributed by atoms with Crippen LogP contribution < -0.4 is 4.90 Å². The number of halogens is 1. The fourth-order valence-corrected chi connectivity index (χ4v) is 3.97. The summed E-state index contributed by atoms with van der Waals surface area (Å²) in [5.41, 5.74) is 1.07. The number of thioether (sulfide) groups is 1. The van der Waals surface area contributed by atoms with Crippen LogP contribution >= 0.6 is 23.1 Å². The first-order valence-electron chi connectivity index (χ1n) is 6.71. The lowest BCUT2D eigenvalue weighted by atomic mass is 10.2. The van der Waals surface area contributed by atoms with Gasteiger partial charge in [-0.15, -0.1) is 10.2 Å². The Kier molecular flexibility index (Phi) is 4.52. The number of rotatable bonds is 3. The molecule has 0 atom stereocenters. The van der Waals surface area contributed by atoms with E-state index in [1.165, 1.54) is 24.3 Å². The molecule has 1 saturated heterocycles. The smallest absolute Gasteiger partial charge is 0.208 e. The zero-order chi connectivity index (χ0) is 13.8. The lowest BCUT2D eigenvalue weighted by Gasteiger charge is -2.17. The fraction of sp³-hybridized carbons (Fsp3) is 0.429. The van der Waals surface area contributed by atoms with Crippen molar-refractivity contribution in [2.45, 2.75) is 12.8 Å². The SMILES string of the molecule is Fc1ccc(Cc2nnc(N3CCCSCC3)s2)cc1. The average Bonchev–Trinajstić information content (AvgIpc) is 2.74. The number of anilines is 1. The van der Waals surface area contributed by atoms with Gasteiger partial charge in [-0.05, 0) is 29.9 Å². The summed E-state index contributed by atoms with van der Waals surface area (Å²) in [6, 6.07) is 6.59. The highest BCUT2D eigenvalue weighted by atomic mass is 32.2. The Bertz CT molecular complexity index is 548. The molecule has 3 rings (SSSR count). The van der Waals surface area contributed by atoms with Gasteiger partial charge in [0.1, 0.15) is 10.8 Å². The Labute approximate surface area is 126 Å². The number of benzene rings is 1. The maximum Gasteiger partial charge on any atom is 0.208 e. The third-order valence-electron chi connectivity index (χ3n) is 3.22. The Morgan fingerprint density at radius 3 is 2.80 bits per heavy atom. The van der Waals surface area contributed by atoms with Crippen molar-refractivity contribution < 1.29 is 4.39 Å².